The summed E-state index contributed by atoms with van der Waals surface area (Å²) in [5, 5.41) is 52.0. The number of ketones is 1. The molecule has 17 nitrogen and oxygen atoms in total. The summed E-state index contributed by atoms with van der Waals surface area (Å²) >= 11 is 0. The number of rotatable bonds is 5. The Morgan fingerprint density at radius 3 is 2.27 bits per heavy atom. The van der Waals surface area contributed by atoms with Gasteiger partial charge in [0.05, 0.1) is 54.8 Å². The number of amides is 2. The molecule has 6 rings (SSSR count). The quantitative estimate of drug-likeness (QED) is 0.221. The third-order valence-electron chi connectivity index (χ3n) is 12.6. The van der Waals surface area contributed by atoms with Gasteiger partial charge in [-0.3, -0.25) is 19.4 Å². The van der Waals surface area contributed by atoms with Crippen molar-refractivity contribution in [2.75, 3.05) is 26.8 Å². The number of likely N-dealkylation sites (tertiary alicyclic amines) is 1. The van der Waals surface area contributed by atoms with Crippen LogP contribution in [0.3, 0.4) is 0 Å². The Morgan fingerprint density at radius 1 is 0.984 bits per heavy atom. The third-order valence-corrected chi connectivity index (χ3v) is 12.6. The van der Waals surface area contributed by atoms with Crippen molar-refractivity contribution in [2.24, 2.45) is 34.6 Å². The van der Waals surface area contributed by atoms with Crippen LogP contribution in [0.1, 0.15) is 102 Å². The first kappa shape index (κ1) is 49.8. The number of nitrogens with one attached hydrogen (secondary N) is 2. The highest BCUT2D eigenvalue weighted by atomic mass is 16.7. The minimum absolute atomic E-state index is 0.0432. The Balaban J connectivity index is 1.62. The van der Waals surface area contributed by atoms with Crippen molar-refractivity contribution >= 4 is 29.5 Å². The number of nitrogens with zero attached hydrogens (tertiary/aromatic N) is 2. The van der Waals surface area contributed by atoms with Crippen molar-refractivity contribution in [3.8, 4) is 11.5 Å². The van der Waals surface area contributed by atoms with E-state index in [2.05, 4.69) is 10.6 Å². The molecule has 352 valence electrons. The van der Waals surface area contributed by atoms with Gasteiger partial charge < -0.3 is 59.6 Å². The van der Waals surface area contributed by atoms with Gasteiger partial charge in [0, 0.05) is 92.8 Å². The molecule has 9 atom stereocenters. The number of phenolic OH excluding ortho intramolecular Hbond substituents is 1. The van der Waals surface area contributed by atoms with E-state index in [0.717, 1.165) is 0 Å². The number of esters is 1. The number of aliphatic hydroxyl groups excluding tert-OH is 3. The molecule has 1 aromatic rings. The SMILES string of the molecule is CO[C@H]1/C=C/O[C@@H](C)Oc2c(C)c(O)c3c(c2CO)C2=NC4(CCN(C(=O)OCC(C)C)CC4)NC2=C(NC(=O)/C(C)=C\C=C\[C@H](C)[C@H](O)[C@@H](C)[C@@H](O)[C@@H](C)[C@H](OC(C)=O)[C@@H]1C)C3=O. The van der Waals surface area contributed by atoms with Crippen molar-refractivity contribution in [1.29, 1.82) is 0 Å². The molecule has 1 aliphatic carbocycles. The molecule has 4 heterocycles. The van der Waals surface area contributed by atoms with Gasteiger partial charge in [-0.25, -0.2) is 4.79 Å². The summed E-state index contributed by atoms with van der Waals surface area (Å²) in [5.41, 5.74) is -0.423. The highest BCUT2D eigenvalue weighted by Crippen LogP contribution is 2.46. The number of ether oxygens (including phenoxy) is 5. The average molecular weight is 895 g/mol. The van der Waals surface area contributed by atoms with Crippen LogP contribution in [0.5, 0.6) is 11.5 Å². The van der Waals surface area contributed by atoms with E-state index in [1.807, 2.05) is 13.8 Å². The maximum absolute atomic E-state index is 14.7. The fourth-order valence-corrected chi connectivity index (χ4v) is 8.73. The van der Waals surface area contributed by atoms with Gasteiger partial charge in [-0.2, -0.15) is 0 Å². The van der Waals surface area contributed by atoms with Crippen molar-refractivity contribution in [3.05, 3.63) is 69.8 Å². The molecule has 1 fully saturated rings. The average Bonchev–Trinajstić information content (AvgIpc) is 3.62. The number of aromatic hydroxyl groups is 1. The Bertz CT molecular complexity index is 2100. The number of carbonyl (C=O) groups is 4. The first-order chi connectivity index (χ1) is 30.2. The number of fused-ring (bicyclic) bond motifs is 17. The van der Waals surface area contributed by atoms with Crippen LogP contribution in [0.15, 0.2) is 52.5 Å². The van der Waals surface area contributed by atoms with Crippen molar-refractivity contribution < 1.29 is 63.3 Å². The molecule has 17 heteroatoms. The van der Waals surface area contributed by atoms with E-state index in [1.165, 1.54) is 33.3 Å². The second-order valence-corrected chi connectivity index (χ2v) is 17.9. The zero-order valence-electron chi connectivity index (χ0n) is 38.8. The van der Waals surface area contributed by atoms with Gasteiger partial charge in [0.15, 0.2) is 0 Å². The highest BCUT2D eigenvalue weighted by Gasteiger charge is 2.48. The van der Waals surface area contributed by atoms with Gasteiger partial charge >= 0.3 is 12.1 Å². The fraction of sp³-hybridized carbons (Fsp3) is 0.596. The number of methoxy groups -OCH3 is 1. The number of hydrogen-bond donors (Lipinski definition) is 6. The number of allylic oxidation sites excluding steroid dienone is 4. The van der Waals surface area contributed by atoms with Crippen LogP contribution in [0.25, 0.3) is 0 Å². The largest absolute Gasteiger partial charge is 0.507 e. The summed E-state index contributed by atoms with van der Waals surface area (Å²) in [4.78, 5) is 60.5. The second-order valence-electron chi connectivity index (χ2n) is 17.9. The van der Waals surface area contributed by atoms with E-state index < -0.39 is 96.1 Å². The van der Waals surface area contributed by atoms with Crippen LogP contribution in [0, 0.1) is 36.5 Å². The minimum Gasteiger partial charge on any atom is -0.507 e. The van der Waals surface area contributed by atoms with E-state index in [4.69, 9.17) is 28.7 Å². The molecule has 4 aliphatic heterocycles. The molecule has 0 aromatic heterocycles. The monoisotopic (exact) mass is 894 g/mol. The first-order valence-corrected chi connectivity index (χ1v) is 22.0. The van der Waals surface area contributed by atoms with Crippen molar-refractivity contribution in [3.63, 3.8) is 0 Å². The summed E-state index contributed by atoms with van der Waals surface area (Å²) in [5.74, 6) is -4.54. The molecule has 1 spiro atoms. The number of carbonyl (C=O) groups excluding carboxylic acids is 4. The van der Waals surface area contributed by atoms with Gasteiger partial charge in [0.1, 0.15) is 29.0 Å². The van der Waals surface area contributed by atoms with E-state index in [0.29, 0.717) is 12.8 Å². The smallest absolute Gasteiger partial charge is 0.409 e. The molecule has 4 bridgehead atoms. The molecule has 0 unspecified atom stereocenters. The summed E-state index contributed by atoms with van der Waals surface area (Å²) in [6.45, 7) is 17.0. The predicted molar refractivity (Wildman–Crippen MR) is 236 cm³/mol. The van der Waals surface area contributed by atoms with Crippen LogP contribution in [0.2, 0.25) is 0 Å². The van der Waals surface area contributed by atoms with E-state index in [1.54, 1.807) is 64.7 Å². The van der Waals surface area contributed by atoms with Crippen LogP contribution in [-0.2, 0) is 35.1 Å². The minimum atomic E-state index is -1.12. The van der Waals surface area contributed by atoms with Crippen LogP contribution in [-0.4, -0.2) is 118 Å². The molecular formula is C47H66N4O13. The van der Waals surface area contributed by atoms with Gasteiger partial charge in [-0.15, -0.1) is 0 Å². The first-order valence-electron chi connectivity index (χ1n) is 22.0. The highest BCUT2D eigenvalue weighted by molar-refractivity contribution is 6.31. The molecule has 64 heavy (non-hydrogen) atoms. The number of benzene rings is 1. The second kappa shape index (κ2) is 20.7. The topological polar surface area (TPSA) is 235 Å². The molecule has 2 amide bonds. The summed E-state index contributed by atoms with van der Waals surface area (Å²) in [6, 6.07) is 0. The molecule has 1 aromatic carbocycles. The lowest BCUT2D eigenvalue weighted by Crippen LogP contribution is -2.51. The molecule has 0 radical (unpaired) electrons. The van der Waals surface area contributed by atoms with Crippen molar-refractivity contribution in [1.82, 2.24) is 15.5 Å². The van der Waals surface area contributed by atoms with Gasteiger partial charge in [-0.1, -0.05) is 59.8 Å². The zero-order chi connectivity index (χ0) is 47.4. The number of aliphatic imine (C=N–C) groups is 1. The number of Topliss-reactive ketones (excluding diaryl/α,β-unsaturated/α-hetero) is 1. The van der Waals surface area contributed by atoms with Gasteiger partial charge in [-0.05, 0) is 25.8 Å². The molecule has 6 N–H and O–H groups in total. The van der Waals surface area contributed by atoms with E-state index in [9.17, 15) is 39.6 Å². The molecule has 1 saturated heterocycles. The third kappa shape index (κ3) is 10.5. The summed E-state index contributed by atoms with van der Waals surface area (Å²) < 4.78 is 29.2. The fourth-order valence-electron chi connectivity index (χ4n) is 8.73. The summed E-state index contributed by atoms with van der Waals surface area (Å²) in [7, 11) is 1.48. The normalized spacial score (nSPS) is 30.7. The lowest BCUT2D eigenvalue weighted by atomic mass is 9.78. The lowest BCUT2D eigenvalue weighted by Gasteiger charge is -2.38. The number of piperidine rings is 1. The number of phenols is 1. The lowest BCUT2D eigenvalue weighted by molar-refractivity contribution is -0.160. The van der Waals surface area contributed by atoms with Crippen LogP contribution in [0.4, 0.5) is 4.79 Å². The number of hydrogen-bond acceptors (Lipinski definition) is 15. The van der Waals surface area contributed by atoms with Gasteiger partial charge in [0.25, 0.3) is 5.91 Å². The standard InChI is InChI=1S/C47H66N4O13/c1-23(2)22-62-46(59)51-18-16-47(17-19-51)49-36-34-32(21-52)44-29(8)41(56)35(34)42(57)38(37(36)50-47)48-45(58)25(4)14-12-13-24(3)39(54)27(6)40(55)28(7)43(63-30(9)53)26(5)33(60-11)15-20-61-31(10)64-44/h12-15,20,23-24,26-28,31,33,39-40,43,50,52,54-56H,16-19,21-22H2,1-11H3,(H,48,58)/b13-12+,20-15+,25-14-/t24-,26+,27+,28+,31+,33-,39-,40+,43+/m0/s1. The van der Waals surface area contributed by atoms with Gasteiger partial charge in [0.2, 0.25) is 12.1 Å². The Hall–Kier alpha value is -5.23. The van der Waals surface area contributed by atoms with Crippen LogP contribution < -0.4 is 15.4 Å². The summed E-state index contributed by atoms with van der Waals surface area (Å²) in [6.07, 6.45) is 3.18. The van der Waals surface area contributed by atoms with Crippen molar-refractivity contribution in [2.45, 2.75) is 125 Å². The Morgan fingerprint density at radius 2 is 1.66 bits per heavy atom. The Labute approximate surface area is 375 Å². The molecule has 5 aliphatic rings. The number of aliphatic hydroxyl groups is 3. The Kier molecular flexibility index (Phi) is 16.1. The van der Waals surface area contributed by atoms with Crippen LogP contribution >= 0.6 is 0 Å². The zero-order valence-corrected chi connectivity index (χ0v) is 38.8. The molecular weight excluding hydrogens is 829 g/mol. The van der Waals surface area contributed by atoms with E-state index in [-0.39, 0.29) is 76.3 Å². The predicted octanol–water partition coefficient (Wildman–Crippen LogP) is 4.68. The molecule has 0 saturated carbocycles. The van der Waals surface area contributed by atoms with E-state index >= 15 is 0 Å². The maximum Gasteiger partial charge on any atom is 0.409 e. The maximum atomic E-state index is 14.7.